The summed E-state index contributed by atoms with van der Waals surface area (Å²) in [6.45, 7) is 18.8. The Kier molecular flexibility index (Phi) is 19.2. The van der Waals surface area contributed by atoms with Gasteiger partial charge in [-0.15, -0.1) is 0 Å². The maximum Gasteiger partial charge on any atom is 0.311 e. The molecule has 0 aliphatic carbocycles. The Morgan fingerprint density at radius 2 is 1.82 bits per heavy atom. The van der Waals surface area contributed by atoms with Crippen molar-refractivity contribution in [2.24, 2.45) is 17.8 Å². The van der Waals surface area contributed by atoms with Crippen molar-refractivity contribution in [3.05, 3.63) is 35.5 Å². The summed E-state index contributed by atoms with van der Waals surface area (Å²) in [6.07, 6.45) is 0.719. The number of aliphatic hydroxyl groups is 3. The Morgan fingerprint density at radius 3 is 2.46 bits per heavy atom. The largest absolute Gasteiger partial charge is 0.459 e. The number of carbonyl (C=O) groups is 1. The molecule has 1 aromatic carbocycles. The number of esters is 1. The number of aliphatic hydroxyl groups excluding tert-OH is 2. The lowest BCUT2D eigenvalue weighted by Crippen LogP contribution is -2.59. The van der Waals surface area contributed by atoms with Crippen LogP contribution in [0.15, 0.2) is 30.5 Å². The first-order valence-corrected chi connectivity index (χ1v) is 21.1. The van der Waals surface area contributed by atoms with Gasteiger partial charge in [0.15, 0.2) is 6.29 Å². The lowest BCUT2D eigenvalue weighted by atomic mass is 9.85. The molecule has 2 aromatic rings. The van der Waals surface area contributed by atoms with Gasteiger partial charge in [0.1, 0.15) is 23.9 Å². The van der Waals surface area contributed by atoms with Crippen molar-refractivity contribution in [3.63, 3.8) is 0 Å². The number of aromatic nitrogens is 1. The number of hydrogen-bond acceptors (Lipinski definition) is 12. The predicted octanol–water partition coefficient (Wildman–Crippen LogP) is 6.37. The Balaban J connectivity index is 1.61. The third kappa shape index (κ3) is 12.9. The van der Waals surface area contributed by atoms with Crippen molar-refractivity contribution in [2.45, 2.75) is 155 Å². The minimum atomic E-state index is -1.72. The van der Waals surface area contributed by atoms with E-state index in [4.69, 9.17) is 30.5 Å². The fourth-order valence-corrected chi connectivity index (χ4v) is 8.01. The van der Waals surface area contributed by atoms with E-state index in [9.17, 15) is 20.1 Å². The summed E-state index contributed by atoms with van der Waals surface area (Å²) in [5.74, 6) is -1.63. The van der Waals surface area contributed by atoms with Crippen LogP contribution >= 0.6 is 11.6 Å². The second kappa shape index (κ2) is 22.3. The molecule has 1 fully saturated rings. The zero-order valence-corrected chi connectivity index (χ0v) is 36.8. The van der Waals surface area contributed by atoms with Crippen LogP contribution in [0, 0.1) is 17.8 Å². The first kappa shape index (κ1) is 48.2. The summed E-state index contributed by atoms with van der Waals surface area (Å²) in [4.78, 5) is 22.1. The van der Waals surface area contributed by atoms with Crippen LogP contribution < -0.4 is 5.32 Å². The minimum absolute atomic E-state index is 0.0308. The van der Waals surface area contributed by atoms with Crippen LogP contribution in [0.25, 0.3) is 10.9 Å². The Bertz CT molecular complexity index is 1480. The first-order chi connectivity index (χ1) is 26.3. The van der Waals surface area contributed by atoms with E-state index < -0.39 is 60.2 Å². The van der Waals surface area contributed by atoms with Gasteiger partial charge in [0.25, 0.3) is 0 Å². The lowest BCUT2D eigenvalue weighted by Gasteiger charge is -2.44. The molecule has 1 saturated heterocycles. The van der Waals surface area contributed by atoms with E-state index in [1.54, 1.807) is 20.0 Å². The molecular weight excluding hydrogens is 736 g/mol. The summed E-state index contributed by atoms with van der Waals surface area (Å²) >= 11 is 6.16. The van der Waals surface area contributed by atoms with Gasteiger partial charge in [0.05, 0.1) is 29.7 Å². The molecule has 1 aromatic heterocycles. The lowest BCUT2D eigenvalue weighted by molar-refractivity contribution is -0.283. The number of fused-ring (bicyclic) bond motifs is 1. The van der Waals surface area contributed by atoms with Crippen LogP contribution in [0.1, 0.15) is 94.4 Å². The van der Waals surface area contributed by atoms with Crippen LogP contribution in [0.4, 0.5) is 5.69 Å². The average molecular weight is 810 g/mol. The summed E-state index contributed by atoms with van der Waals surface area (Å²) in [5, 5.41) is 39.5. The molecule has 56 heavy (non-hydrogen) atoms. The Hall–Kier alpha value is -2.13. The van der Waals surface area contributed by atoms with Gasteiger partial charge >= 0.3 is 5.97 Å². The van der Waals surface area contributed by atoms with Crippen LogP contribution in [0.3, 0.4) is 0 Å². The number of pyridine rings is 1. The number of anilines is 1. The zero-order chi connectivity index (χ0) is 41.9. The molecule has 1 unspecified atom stereocenters. The number of ether oxygens (including phenoxy) is 4. The van der Waals surface area contributed by atoms with Gasteiger partial charge in [-0.1, -0.05) is 45.7 Å². The summed E-state index contributed by atoms with van der Waals surface area (Å²) < 4.78 is 25.2. The third-order valence-electron chi connectivity index (χ3n) is 11.8. The molecule has 4 N–H and O–H groups in total. The highest BCUT2D eigenvalue weighted by Crippen LogP contribution is 2.32. The van der Waals surface area contributed by atoms with Crippen LogP contribution in [0.5, 0.6) is 0 Å². The summed E-state index contributed by atoms with van der Waals surface area (Å²) in [6, 6.07) is 7.27. The van der Waals surface area contributed by atoms with Crippen molar-refractivity contribution >= 4 is 34.2 Å². The predicted molar refractivity (Wildman–Crippen MR) is 224 cm³/mol. The molecule has 3 rings (SSSR count). The maximum absolute atomic E-state index is 13.5. The van der Waals surface area contributed by atoms with E-state index in [1.807, 2.05) is 78.0 Å². The van der Waals surface area contributed by atoms with E-state index in [2.05, 4.69) is 29.0 Å². The number of halogens is 1. The summed E-state index contributed by atoms with van der Waals surface area (Å²) in [7, 11) is 5.98. The molecule has 13 atom stereocenters. The molecule has 0 bridgehead atoms. The fraction of sp³-hybridized carbons (Fsp3) is 0.767. The molecule has 0 saturated carbocycles. The van der Waals surface area contributed by atoms with E-state index in [1.165, 1.54) is 6.92 Å². The fourth-order valence-electron chi connectivity index (χ4n) is 7.84. The Labute approximate surface area is 341 Å². The number of rotatable bonds is 23. The SMILES string of the molecule is CCC[C@@H](C)CN(C)[C@H](C)[C@@H](O)[C@](C)(O)[C@@H](CC)OC(=O)[C@H](C)[C@@H](O)[C@H](C)[C@H](C)O[C@@H]1OC(C)C[C@H](N(C)C)[C@H]1OCCCNc1ccnc2cc(Cl)ccc12. The topological polar surface area (TPSA) is 146 Å². The van der Waals surface area contributed by atoms with Crippen molar-refractivity contribution in [3.8, 4) is 0 Å². The van der Waals surface area contributed by atoms with Crippen molar-refractivity contribution < 1.29 is 39.1 Å². The number of nitrogens with zero attached hydrogens (tertiary/aromatic N) is 3. The summed E-state index contributed by atoms with van der Waals surface area (Å²) in [5.41, 5.74) is 0.0894. The normalized spacial score (nSPS) is 24.5. The molecule has 0 radical (unpaired) electrons. The number of nitrogens with one attached hydrogen (secondary N) is 1. The van der Waals surface area contributed by atoms with Gasteiger partial charge in [0, 0.05) is 60.0 Å². The van der Waals surface area contributed by atoms with Gasteiger partial charge in [-0.3, -0.25) is 9.78 Å². The second-order valence-corrected chi connectivity index (χ2v) is 17.2. The third-order valence-corrected chi connectivity index (χ3v) is 12.1. The number of carbonyl (C=O) groups excluding carboxylic acids is 1. The Morgan fingerprint density at radius 1 is 1.12 bits per heavy atom. The molecule has 2 heterocycles. The minimum Gasteiger partial charge on any atom is -0.459 e. The number of likely N-dealkylation sites (N-methyl/N-ethyl adjacent to an activating group) is 2. The maximum atomic E-state index is 13.5. The van der Waals surface area contributed by atoms with Crippen molar-refractivity contribution in [1.29, 1.82) is 0 Å². The van der Waals surface area contributed by atoms with Crippen LogP contribution in [0.2, 0.25) is 5.02 Å². The molecular formula is C43H73ClN4O8. The van der Waals surface area contributed by atoms with Gasteiger partial charge in [0.2, 0.25) is 0 Å². The average Bonchev–Trinajstić information content (AvgIpc) is 3.15. The van der Waals surface area contributed by atoms with Gasteiger partial charge in [-0.05, 0) is 112 Å². The standard InChI is InChI=1S/C43H73ClN4O8/c1-13-16-26(3)25-48(12)30(7)40(50)43(9,52)37(14-2)56-41(51)29(6)38(49)28(5)31(8)55-42-39(36(47(10)11)23-27(4)54-42)53-22-15-20-45-34-19-21-46-35-24-32(44)17-18-33(34)35/h17-19,21,24,26-31,36-40,42,49-50,52H,13-16,20,22-23,25H2,1-12H3,(H,45,46)/t26-,27?,28-,29-,30-,31+,36+,37-,38+,39-,40-,42+,43-/m1/s1. The zero-order valence-electron chi connectivity index (χ0n) is 36.1. The first-order valence-electron chi connectivity index (χ1n) is 20.7. The van der Waals surface area contributed by atoms with Crippen molar-refractivity contribution in [2.75, 3.05) is 46.2 Å². The van der Waals surface area contributed by atoms with Crippen LogP contribution in [-0.4, -0.2) is 138 Å². The molecule has 0 spiro atoms. The van der Waals surface area contributed by atoms with E-state index in [0.717, 1.165) is 48.8 Å². The highest BCUT2D eigenvalue weighted by Gasteiger charge is 2.46. The van der Waals surface area contributed by atoms with E-state index >= 15 is 0 Å². The van der Waals surface area contributed by atoms with Gasteiger partial charge in [-0.25, -0.2) is 0 Å². The molecule has 12 nitrogen and oxygen atoms in total. The smallest absolute Gasteiger partial charge is 0.311 e. The molecule has 320 valence electrons. The highest BCUT2D eigenvalue weighted by molar-refractivity contribution is 6.31. The molecule has 1 aliphatic heterocycles. The number of benzene rings is 1. The number of hydrogen-bond donors (Lipinski definition) is 4. The highest BCUT2D eigenvalue weighted by atomic mass is 35.5. The van der Waals surface area contributed by atoms with Crippen LogP contribution in [-0.2, 0) is 23.7 Å². The van der Waals surface area contributed by atoms with Crippen molar-refractivity contribution in [1.82, 2.24) is 14.8 Å². The van der Waals surface area contributed by atoms with Gasteiger partial charge < -0.3 is 49.4 Å². The molecule has 0 amide bonds. The second-order valence-electron chi connectivity index (χ2n) is 16.8. The quantitative estimate of drug-likeness (QED) is 0.0732. The van der Waals surface area contributed by atoms with E-state index in [-0.39, 0.29) is 24.6 Å². The van der Waals surface area contributed by atoms with E-state index in [0.29, 0.717) is 24.1 Å². The molecule has 1 aliphatic rings. The molecule has 13 heteroatoms. The van der Waals surface area contributed by atoms with Gasteiger partial charge in [-0.2, -0.15) is 0 Å². The monoisotopic (exact) mass is 809 g/mol.